The number of carbonyl (C=O) groups is 2. The zero-order valence-corrected chi connectivity index (χ0v) is 21.8. The van der Waals surface area contributed by atoms with Crippen molar-refractivity contribution in [1.82, 2.24) is 0 Å². The van der Waals surface area contributed by atoms with Gasteiger partial charge in [-0.15, -0.1) is 23.2 Å². The summed E-state index contributed by atoms with van der Waals surface area (Å²) in [5, 5.41) is 5.76. The summed E-state index contributed by atoms with van der Waals surface area (Å²) in [7, 11) is 0. The fourth-order valence-electron chi connectivity index (χ4n) is 3.65. The largest absolute Gasteiger partial charge is 0.399 e. The van der Waals surface area contributed by atoms with Gasteiger partial charge in [-0.05, 0) is 54.1 Å². The first-order valence-corrected chi connectivity index (χ1v) is 12.2. The molecule has 3 aromatic rings. The fraction of sp³-hybridized carbons (Fsp3) is 0.130. The summed E-state index contributed by atoms with van der Waals surface area (Å²) < 4.78 is 12.6. The molecule has 1 saturated carbocycles. The van der Waals surface area contributed by atoms with Crippen molar-refractivity contribution >= 4 is 98.5 Å². The molecule has 4 rings (SSSR count). The second-order valence-electron chi connectivity index (χ2n) is 7.81. The van der Waals surface area contributed by atoms with E-state index in [2.05, 4.69) is 10.6 Å². The summed E-state index contributed by atoms with van der Waals surface area (Å²) in [4.78, 5) is 25.7. The molecule has 1 fully saturated rings. The van der Waals surface area contributed by atoms with Crippen molar-refractivity contribution in [3.8, 4) is 0 Å². The van der Waals surface area contributed by atoms with Crippen LogP contribution in [0.3, 0.4) is 0 Å². The minimum absolute atomic E-state index is 0.00193. The molecule has 2 atom stereocenters. The summed E-state index contributed by atoms with van der Waals surface area (Å²) in [6, 6.07) is 11.1. The quantitative estimate of drug-likeness (QED) is 0.160. The second kappa shape index (κ2) is 9.85. The number of hydrogen-bond donors (Lipinski definition) is 3. The van der Waals surface area contributed by atoms with Crippen molar-refractivity contribution in [2.24, 2.45) is 5.92 Å². The molecule has 4 N–H and O–H groups in total. The lowest BCUT2D eigenvalue weighted by molar-refractivity contribution is -0.117. The first kappa shape index (κ1) is 26.1. The van der Waals surface area contributed by atoms with Crippen LogP contribution in [0.5, 0.6) is 0 Å². The van der Waals surface area contributed by atoms with E-state index in [0.717, 1.165) is 6.07 Å². The second-order valence-corrected chi connectivity index (χ2v) is 10.8. The van der Waals surface area contributed by atoms with Crippen LogP contribution in [0.25, 0.3) is 0 Å². The van der Waals surface area contributed by atoms with Gasteiger partial charge in [-0.3, -0.25) is 9.59 Å². The van der Waals surface area contributed by atoms with E-state index in [9.17, 15) is 14.0 Å². The molecule has 0 aromatic heterocycles. The van der Waals surface area contributed by atoms with E-state index in [-0.39, 0.29) is 42.7 Å². The zero-order chi connectivity index (χ0) is 25.7. The molecule has 2 amide bonds. The molecule has 0 aliphatic heterocycles. The van der Waals surface area contributed by atoms with Gasteiger partial charge in [0, 0.05) is 17.3 Å². The molecule has 182 valence electrons. The van der Waals surface area contributed by atoms with Crippen molar-refractivity contribution in [1.29, 1.82) is 0 Å². The maximum Gasteiger partial charge on any atom is 0.257 e. The predicted molar refractivity (Wildman–Crippen MR) is 141 cm³/mol. The van der Waals surface area contributed by atoms with Crippen molar-refractivity contribution < 1.29 is 14.0 Å². The third-order valence-corrected chi connectivity index (χ3v) is 7.89. The molecule has 0 bridgehead atoms. The molecule has 12 heteroatoms. The van der Waals surface area contributed by atoms with Crippen LogP contribution in [-0.2, 0) is 4.79 Å². The smallest absolute Gasteiger partial charge is 0.257 e. The summed E-state index contributed by atoms with van der Waals surface area (Å²) in [6.45, 7) is 0. The number of nitrogens with two attached hydrogens (primary N) is 1. The van der Waals surface area contributed by atoms with E-state index in [0.29, 0.717) is 5.56 Å². The van der Waals surface area contributed by atoms with E-state index in [1.54, 1.807) is 12.1 Å². The molecular weight excluding hydrogens is 582 g/mol. The number of alkyl halides is 2. The summed E-state index contributed by atoms with van der Waals surface area (Å²) in [5.74, 6) is -3.31. The van der Waals surface area contributed by atoms with Crippen molar-refractivity contribution in [2.75, 3.05) is 16.4 Å². The van der Waals surface area contributed by atoms with Gasteiger partial charge in [0.15, 0.2) is 0 Å². The SMILES string of the molecule is Nc1ccc(F)c(NC(=O)c2cc(NC(=O)C3[C@H](c4cc(Cl)c(Cl)c(Cl)c4)C3(Cl)Cl)ccc2Cl)c1. The van der Waals surface area contributed by atoms with Crippen LogP contribution in [0.15, 0.2) is 48.5 Å². The number of hydrogen-bond acceptors (Lipinski definition) is 3. The Morgan fingerprint density at radius 3 is 2.20 bits per heavy atom. The van der Waals surface area contributed by atoms with Gasteiger partial charge in [0.2, 0.25) is 5.91 Å². The molecule has 3 aromatic carbocycles. The lowest BCUT2D eigenvalue weighted by atomic mass is 10.1. The molecular formula is C23H14Cl6FN3O2. The topological polar surface area (TPSA) is 84.2 Å². The van der Waals surface area contributed by atoms with Gasteiger partial charge >= 0.3 is 0 Å². The van der Waals surface area contributed by atoms with Crippen LogP contribution in [0.1, 0.15) is 21.8 Å². The van der Waals surface area contributed by atoms with Gasteiger partial charge in [-0.2, -0.15) is 0 Å². The van der Waals surface area contributed by atoms with Crippen molar-refractivity contribution in [2.45, 2.75) is 10.3 Å². The Hall–Kier alpha value is -1.93. The molecule has 0 spiro atoms. The van der Waals surface area contributed by atoms with Crippen LogP contribution in [0.4, 0.5) is 21.5 Å². The number of benzene rings is 3. The number of anilines is 3. The Kier molecular flexibility index (Phi) is 7.36. The summed E-state index contributed by atoms with van der Waals surface area (Å²) >= 11 is 37.1. The van der Waals surface area contributed by atoms with E-state index >= 15 is 0 Å². The highest BCUT2D eigenvalue weighted by Gasteiger charge is 2.67. The molecule has 0 heterocycles. The average Bonchev–Trinajstić information content (AvgIpc) is 3.37. The van der Waals surface area contributed by atoms with E-state index in [4.69, 9.17) is 75.3 Å². The molecule has 1 unspecified atom stereocenters. The maximum atomic E-state index is 14.0. The van der Waals surface area contributed by atoms with Gasteiger partial charge in [-0.1, -0.05) is 46.4 Å². The summed E-state index contributed by atoms with van der Waals surface area (Å²) in [6.07, 6.45) is 0. The Balaban J connectivity index is 1.53. The Morgan fingerprint density at radius 1 is 0.886 bits per heavy atom. The van der Waals surface area contributed by atoms with Crippen molar-refractivity contribution in [3.05, 3.63) is 85.6 Å². The number of halogens is 7. The van der Waals surface area contributed by atoms with Crippen LogP contribution in [-0.4, -0.2) is 16.1 Å². The molecule has 35 heavy (non-hydrogen) atoms. The number of nitrogens with one attached hydrogen (secondary N) is 2. The highest BCUT2D eigenvalue weighted by atomic mass is 35.5. The number of amides is 2. The molecule has 0 saturated heterocycles. The molecule has 5 nitrogen and oxygen atoms in total. The Bertz CT molecular complexity index is 1340. The van der Waals surface area contributed by atoms with Gasteiger partial charge in [0.25, 0.3) is 5.91 Å². The monoisotopic (exact) mass is 593 g/mol. The van der Waals surface area contributed by atoms with E-state index in [1.165, 1.54) is 30.3 Å². The van der Waals surface area contributed by atoms with E-state index in [1.807, 2.05) is 0 Å². The highest BCUT2D eigenvalue weighted by molar-refractivity contribution is 6.54. The molecule has 0 radical (unpaired) electrons. The lowest BCUT2D eigenvalue weighted by Crippen LogP contribution is -2.18. The highest BCUT2D eigenvalue weighted by Crippen LogP contribution is 2.65. The van der Waals surface area contributed by atoms with Gasteiger partial charge in [0.05, 0.1) is 37.3 Å². The van der Waals surface area contributed by atoms with Crippen LogP contribution in [0.2, 0.25) is 20.1 Å². The molecule has 1 aliphatic carbocycles. The van der Waals surface area contributed by atoms with Gasteiger partial charge in [-0.25, -0.2) is 4.39 Å². The van der Waals surface area contributed by atoms with E-state index < -0.39 is 33.8 Å². The van der Waals surface area contributed by atoms with Crippen LogP contribution in [0, 0.1) is 11.7 Å². The van der Waals surface area contributed by atoms with Crippen LogP contribution >= 0.6 is 69.6 Å². The fourth-order valence-corrected chi connectivity index (χ4v) is 5.29. The van der Waals surface area contributed by atoms with Gasteiger partial charge in [0.1, 0.15) is 10.2 Å². The standard InChI is InChI=1S/C23H14Cl6FN3O2/c24-13-3-2-11(8-12(13)21(34)33-17-7-10(31)1-4-16(17)30)32-22(35)19-18(23(19,28)29)9-5-14(25)20(27)15(26)6-9/h1-8,18-19H,31H2,(H,32,35)(H,33,34)/t18-,19?/m0/s1. The number of nitrogen functional groups attached to an aromatic ring is 1. The third kappa shape index (κ3) is 5.29. The van der Waals surface area contributed by atoms with Gasteiger partial charge < -0.3 is 16.4 Å². The van der Waals surface area contributed by atoms with Crippen LogP contribution < -0.4 is 16.4 Å². The summed E-state index contributed by atoms with van der Waals surface area (Å²) in [5.41, 5.74) is 6.60. The average molecular weight is 596 g/mol. The predicted octanol–water partition coefficient (Wildman–Crippen LogP) is 7.80. The number of carbonyl (C=O) groups excluding carboxylic acids is 2. The van der Waals surface area contributed by atoms with Crippen molar-refractivity contribution in [3.63, 3.8) is 0 Å². The zero-order valence-electron chi connectivity index (χ0n) is 17.3. The minimum Gasteiger partial charge on any atom is -0.399 e. The first-order valence-electron chi connectivity index (χ1n) is 9.89. The third-order valence-electron chi connectivity index (χ3n) is 5.42. The maximum absolute atomic E-state index is 14.0. The minimum atomic E-state index is -1.41. The molecule has 1 aliphatic rings. The lowest BCUT2D eigenvalue weighted by Gasteiger charge is -2.11. The first-order chi connectivity index (χ1) is 16.4. The number of rotatable bonds is 5. The normalized spacial score (nSPS) is 18.1. The Morgan fingerprint density at radius 2 is 1.54 bits per heavy atom. The Labute approximate surface area is 229 Å².